The Hall–Kier alpha value is -0.800. The van der Waals surface area contributed by atoms with Gasteiger partial charge >= 0.3 is 0 Å². The molecule has 0 aromatic carbocycles. The van der Waals surface area contributed by atoms with Crippen molar-refractivity contribution in [3.05, 3.63) is 23.7 Å². The van der Waals surface area contributed by atoms with Gasteiger partial charge in [-0.3, -0.25) is 4.90 Å². The van der Waals surface area contributed by atoms with Crippen LogP contribution in [0.5, 0.6) is 0 Å². The summed E-state index contributed by atoms with van der Waals surface area (Å²) < 4.78 is 5.61. The summed E-state index contributed by atoms with van der Waals surface area (Å²) in [4.78, 5) is 2.31. The molecule has 2 N–H and O–H groups in total. The molecule has 0 aliphatic rings. The first kappa shape index (κ1) is 15.3. The standard InChI is InChI=1S/C15H28N2O/c1-4-5-6-7-8-14(11-16)17(3)12-15-10-9-13(2)18-15/h9-10,14H,4-8,11-12,16H2,1-3H3. The van der Waals surface area contributed by atoms with Crippen LogP contribution in [-0.2, 0) is 6.54 Å². The van der Waals surface area contributed by atoms with Crippen molar-refractivity contribution in [3.8, 4) is 0 Å². The number of furan rings is 1. The second-order valence-electron chi connectivity index (χ2n) is 5.17. The van der Waals surface area contributed by atoms with Crippen LogP contribution in [0.1, 0.15) is 50.5 Å². The molecule has 0 saturated carbocycles. The number of unbranched alkanes of at least 4 members (excludes halogenated alkanes) is 3. The van der Waals surface area contributed by atoms with Gasteiger partial charge in [-0.05, 0) is 32.5 Å². The number of rotatable bonds is 9. The van der Waals surface area contributed by atoms with Crippen molar-refractivity contribution >= 4 is 0 Å². The molecule has 0 fully saturated rings. The number of likely N-dealkylation sites (N-methyl/N-ethyl adjacent to an activating group) is 1. The maximum atomic E-state index is 5.87. The lowest BCUT2D eigenvalue weighted by molar-refractivity contribution is 0.206. The van der Waals surface area contributed by atoms with E-state index in [2.05, 4.69) is 24.9 Å². The van der Waals surface area contributed by atoms with E-state index in [9.17, 15) is 0 Å². The van der Waals surface area contributed by atoms with E-state index in [4.69, 9.17) is 10.2 Å². The number of hydrogen-bond acceptors (Lipinski definition) is 3. The van der Waals surface area contributed by atoms with E-state index in [0.717, 1.165) is 24.6 Å². The molecule has 1 aromatic heterocycles. The highest BCUT2D eigenvalue weighted by molar-refractivity contribution is 5.05. The van der Waals surface area contributed by atoms with Gasteiger partial charge in [-0.15, -0.1) is 0 Å². The molecule has 0 radical (unpaired) electrons. The lowest BCUT2D eigenvalue weighted by Crippen LogP contribution is -2.37. The second-order valence-corrected chi connectivity index (χ2v) is 5.17. The van der Waals surface area contributed by atoms with Crippen LogP contribution in [0.4, 0.5) is 0 Å². The molecule has 1 aromatic rings. The van der Waals surface area contributed by atoms with E-state index < -0.39 is 0 Å². The van der Waals surface area contributed by atoms with Gasteiger partial charge in [0.25, 0.3) is 0 Å². The molecule has 104 valence electrons. The minimum absolute atomic E-state index is 0.465. The maximum absolute atomic E-state index is 5.87. The Bertz CT molecular complexity index is 322. The molecule has 1 unspecified atom stereocenters. The molecule has 0 spiro atoms. The molecule has 3 heteroatoms. The predicted molar refractivity (Wildman–Crippen MR) is 76.5 cm³/mol. The van der Waals surface area contributed by atoms with Crippen molar-refractivity contribution in [1.29, 1.82) is 0 Å². The molecule has 0 bridgehead atoms. The fourth-order valence-electron chi connectivity index (χ4n) is 2.27. The zero-order valence-corrected chi connectivity index (χ0v) is 12.1. The van der Waals surface area contributed by atoms with Gasteiger partial charge < -0.3 is 10.2 Å². The summed E-state index contributed by atoms with van der Waals surface area (Å²) in [7, 11) is 2.13. The Labute approximate surface area is 111 Å². The Morgan fingerprint density at radius 3 is 2.61 bits per heavy atom. The first-order valence-corrected chi connectivity index (χ1v) is 7.13. The molecule has 1 atom stereocenters. The van der Waals surface area contributed by atoms with Crippen molar-refractivity contribution < 1.29 is 4.42 Å². The van der Waals surface area contributed by atoms with Crippen molar-refractivity contribution in [2.24, 2.45) is 5.73 Å². The summed E-state index contributed by atoms with van der Waals surface area (Å²) in [5.74, 6) is 2.01. The summed E-state index contributed by atoms with van der Waals surface area (Å²) in [5.41, 5.74) is 5.87. The predicted octanol–water partition coefficient (Wildman–Crippen LogP) is 3.32. The van der Waals surface area contributed by atoms with Crippen LogP contribution >= 0.6 is 0 Å². The first-order chi connectivity index (χ1) is 8.67. The van der Waals surface area contributed by atoms with E-state index in [1.54, 1.807) is 0 Å². The molecule has 18 heavy (non-hydrogen) atoms. The number of nitrogens with two attached hydrogens (primary N) is 1. The third-order valence-corrected chi connectivity index (χ3v) is 3.49. The fraction of sp³-hybridized carbons (Fsp3) is 0.733. The summed E-state index contributed by atoms with van der Waals surface area (Å²) in [6.45, 7) is 5.80. The summed E-state index contributed by atoms with van der Waals surface area (Å²) >= 11 is 0. The van der Waals surface area contributed by atoms with E-state index in [1.807, 2.05) is 13.0 Å². The van der Waals surface area contributed by atoms with E-state index >= 15 is 0 Å². The van der Waals surface area contributed by atoms with Gasteiger partial charge in [0.2, 0.25) is 0 Å². The highest BCUT2D eigenvalue weighted by atomic mass is 16.3. The highest BCUT2D eigenvalue weighted by Crippen LogP contribution is 2.14. The van der Waals surface area contributed by atoms with Gasteiger partial charge in [0.1, 0.15) is 11.5 Å². The van der Waals surface area contributed by atoms with E-state index in [1.165, 1.54) is 32.1 Å². The minimum Gasteiger partial charge on any atom is -0.465 e. The quantitative estimate of drug-likeness (QED) is 0.686. The summed E-state index contributed by atoms with van der Waals surface area (Å²) in [6.07, 6.45) is 6.40. The lowest BCUT2D eigenvalue weighted by atomic mass is 10.1. The smallest absolute Gasteiger partial charge is 0.118 e. The number of aryl methyl sites for hydroxylation is 1. The largest absolute Gasteiger partial charge is 0.465 e. The molecule has 0 amide bonds. The molecule has 0 aliphatic carbocycles. The van der Waals surface area contributed by atoms with Crippen LogP contribution in [0.15, 0.2) is 16.5 Å². The highest BCUT2D eigenvalue weighted by Gasteiger charge is 2.14. The second kappa shape index (κ2) is 8.33. The van der Waals surface area contributed by atoms with E-state index in [0.29, 0.717) is 6.04 Å². The third-order valence-electron chi connectivity index (χ3n) is 3.49. The van der Waals surface area contributed by atoms with Gasteiger partial charge in [0, 0.05) is 12.6 Å². The van der Waals surface area contributed by atoms with Gasteiger partial charge in [0.15, 0.2) is 0 Å². The molecule has 0 aliphatic heterocycles. The Kier molecular flexibility index (Phi) is 7.06. The van der Waals surface area contributed by atoms with Crippen LogP contribution in [0.25, 0.3) is 0 Å². The van der Waals surface area contributed by atoms with Gasteiger partial charge in [-0.25, -0.2) is 0 Å². The normalized spacial score (nSPS) is 13.2. The SMILES string of the molecule is CCCCCCC(CN)N(C)Cc1ccc(C)o1. The first-order valence-electron chi connectivity index (χ1n) is 7.13. The Morgan fingerprint density at radius 2 is 2.06 bits per heavy atom. The zero-order valence-electron chi connectivity index (χ0n) is 12.1. The van der Waals surface area contributed by atoms with Crippen molar-refractivity contribution in [2.75, 3.05) is 13.6 Å². The van der Waals surface area contributed by atoms with Gasteiger partial charge in [-0.1, -0.05) is 32.6 Å². The van der Waals surface area contributed by atoms with Crippen LogP contribution in [0.3, 0.4) is 0 Å². The van der Waals surface area contributed by atoms with Crippen LogP contribution in [0, 0.1) is 6.92 Å². The lowest BCUT2D eigenvalue weighted by Gasteiger charge is -2.26. The van der Waals surface area contributed by atoms with Crippen molar-refractivity contribution in [1.82, 2.24) is 4.90 Å². The Morgan fingerprint density at radius 1 is 1.28 bits per heavy atom. The molecule has 1 heterocycles. The molecular formula is C15H28N2O. The van der Waals surface area contributed by atoms with Crippen LogP contribution in [0.2, 0.25) is 0 Å². The Balaban J connectivity index is 2.34. The molecule has 1 rings (SSSR count). The molecular weight excluding hydrogens is 224 g/mol. The molecule has 0 saturated heterocycles. The van der Waals surface area contributed by atoms with E-state index in [-0.39, 0.29) is 0 Å². The van der Waals surface area contributed by atoms with Gasteiger partial charge in [-0.2, -0.15) is 0 Å². The fourth-order valence-corrected chi connectivity index (χ4v) is 2.27. The van der Waals surface area contributed by atoms with Gasteiger partial charge in [0.05, 0.1) is 6.54 Å². The average molecular weight is 252 g/mol. The van der Waals surface area contributed by atoms with Crippen LogP contribution < -0.4 is 5.73 Å². The topological polar surface area (TPSA) is 42.4 Å². The minimum atomic E-state index is 0.465. The monoisotopic (exact) mass is 252 g/mol. The average Bonchev–Trinajstić information content (AvgIpc) is 2.75. The van der Waals surface area contributed by atoms with Crippen molar-refractivity contribution in [3.63, 3.8) is 0 Å². The van der Waals surface area contributed by atoms with Crippen LogP contribution in [-0.4, -0.2) is 24.5 Å². The maximum Gasteiger partial charge on any atom is 0.118 e. The molecule has 3 nitrogen and oxygen atoms in total. The van der Waals surface area contributed by atoms with Crippen molar-refractivity contribution in [2.45, 2.75) is 58.5 Å². The summed E-state index contributed by atoms with van der Waals surface area (Å²) in [6, 6.07) is 4.53. The third kappa shape index (κ3) is 5.23. The number of nitrogens with zero attached hydrogens (tertiary/aromatic N) is 1. The zero-order chi connectivity index (χ0) is 13.4. The summed E-state index contributed by atoms with van der Waals surface area (Å²) in [5, 5.41) is 0. The number of hydrogen-bond donors (Lipinski definition) is 1.